The number of hydrogen-bond donors (Lipinski definition) is 0. The van der Waals surface area contributed by atoms with Crippen molar-refractivity contribution >= 4 is 5.78 Å². The number of rotatable bonds is 0. The fraction of sp³-hybridized carbons (Fsp3) is 0.364. The monoisotopic (exact) mass is 160 g/mol. The number of allylic oxidation sites excluding steroid dienone is 6. The minimum atomic E-state index is 0.194. The van der Waals surface area contributed by atoms with Crippen molar-refractivity contribution in [3.8, 4) is 0 Å². The maximum Gasteiger partial charge on any atom is 0.159 e. The molecule has 1 heteroatoms. The molecule has 0 fully saturated rings. The minimum Gasteiger partial charge on any atom is -0.294 e. The molecule has 0 amide bonds. The van der Waals surface area contributed by atoms with Crippen LogP contribution in [-0.2, 0) is 4.79 Å². The number of carbonyl (C=O) groups excluding carboxylic acids is 1. The summed E-state index contributed by atoms with van der Waals surface area (Å²) in [4.78, 5) is 11.5. The summed E-state index contributed by atoms with van der Waals surface area (Å²) < 4.78 is 0. The first kappa shape index (κ1) is 7.53. The van der Waals surface area contributed by atoms with E-state index in [0.29, 0.717) is 5.92 Å². The maximum atomic E-state index is 11.5. The Morgan fingerprint density at radius 2 is 2.25 bits per heavy atom. The van der Waals surface area contributed by atoms with E-state index in [2.05, 4.69) is 19.1 Å². The lowest BCUT2D eigenvalue weighted by Gasteiger charge is -2.13. The molecule has 0 aliphatic heterocycles. The smallest absolute Gasteiger partial charge is 0.159 e. The Labute approximate surface area is 72.5 Å². The van der Waals surface area contributed by atoms with Crippen LogP contribution in [0, 0.1) is 11.8 Å². The molecule has 0 aromatic heterocycles. The van der Waals surface area contributed by atoms with Gasteiger partial charge in [0.1, 0.15) is 0 Å². The third-order valence-electron chi connectivity index (χ3n) is 2.71. The minimum absolute atomic E-state index is 0.194. The summed E-state index contributed by atoms with van der Waals surface area (Å²) >= 11 is 0. The van der Waals surface area contributed by atoms with Crippen LogP contribution in [0.3, 0.4) is 0 Å². The van der Waals surface area contributed by atoms with Gasteiger partial charge in [0.25, 0.3) is 0 Å². The van der Waals surface area contributed by atoms with Gasteiger partial charge in [-0.3, -0.25) is 4.79 Å². The highest BCUT2D eigenvalue weighted by molar-refractivity contribution is 5.93. The maximum absolute atomic E-state index is 11.5. The first-order valence-corrected chi connectivity index (χ1v) is 4.34. The zero-order valence-electron chi connectivity index (χ0n) is 7.16. The molecule has 2 atom stereocenters. The second-order valence-corrected chi connectivity index (χ2v) is 3.46. The molecule has 0 bridgehead atoms. The highest BCUT2D eigenvalue weighted by Gasteiger charge is 2.30. The second kappa shape index (κ2) is 2.74. The van der Waals surface area contributed by atoms with Gasteiger partial charge in [-0.25, -0.2) is 0 Å². The van der Waals surface area contributed by atoms with Gasteiger partial charge in [-0.05, 0) is 19.4 Å². The van der Waals surface area contributed by atoms with Crippen LogP contribution in [0.15, 0.2) is 36.0 Å². The normalized spacial score (nSPS) is 33.1. The van der Waals surface area contributed by atoms with Crippen LogP contribution in [0.4, 0.5) is 0 Å². The molecule has 2 rings (SSSR count). The number of hydrogen-bond acceptors (Lipinski definition) is 1. The molecule has 0 saturated carbocycles. The van der Waals surface area contributed by atoms with Crippen molar-refractivity contribution in [1.82, 2.24) is 0 Å². The molecule has 62 valence electrons. The summed E-state index contributed by atoms with van der Waals surface area (Å²) in [5.74, 6) is 0.839. The predicted molar refractivity (Wildman–Crippen MR) is 48.6 cm³/mol. The molecular weight excluding hydrogens is 148 g/mol. The standard InChI is InChI=1S/C11H12O/c1-8-6-7-10-9(8)4-2-3-5-11(10)12/h2-6,9-10H,7H2,1H3/t9-,10+/m1/s1. The van der Waals surface area contributed by atoms with E-state index in [0.717, 1.165) is 6.42 Å². The second-order valence-electron chi connectivity index (χ2n) is 3.46. The molecule has 0 unspecified atom stereocenters. The van der Waals surface area contributed by atoms with E-state index in [1.54, 1.807) is 6.08 Å². The van der Waals surface area contributed by atoms with Gasteiger partial charge in [-0.2, -0.15) is 0 Å². The molecule has 0 aromatic carbocycles. The van der Waals surface area contributed by atoms with Crippen molar-refractivity contribution in [1.29, 1.82) is 0 Å². The highest BCUT2D eigenvalue weighted by Crippen LogP contribution is 2.34. The quantitative estimate of drug-likeness (QED) is 0.497. The third kappa shape index (κ3) is 1.06. The predicted octanol–water partition coefficient (Wildman–Crippen LogP) is 2.26. The lowest BCUT2D eigenvalue weighted by Crippen LogP contribution is -2.16. The van der Waals surface area contributed by atoms with E-state index in [1.807, 2.05) is 12.2 Å². The summed E-state index contributed by atoms with van der Waals surface area (Å²) in [6.45, 7) is 2.10. The Balaban J connectivity index is 2.32. The Morgan fingerprint density at radius 1 is 1.42 bits per heavy atom. The molecule has 0 aromatic rings. The molecule has 2 aliphatic rings. The van der Waals surface area contributed by atoms with Crippen LogP contribution < -0.4 is 0 Å². The van der Waals surface area contributed by atoms with Crippen molar-refractivity contribution in [3.05, 3.63) is 36.0 Å². The van der Waals surface area contributed by atoms with Crippen LogP contribution in [-0.4, -0.2) is 5.78 Å². The van der Waals surface area contributed by atoms with Gasteiger partial charge >= 0.3 is 0 Å². The number of ketones is 1. The zero-order chi connectivity index (χ0) is 8.55. The molecule has 0 heterocycles. The highest BCUT2D eigenvalue weighted by atomic mass is 16.1. The molecule has 2 aliphatic carbocycles. The van der Waals surface area contributed by atoms with Gasteiger partial charge in [0, 0.05) is 11.8 Å². The molecule has 1 nitrogen and oxygen atoms in total. The fourth-order valence-electron chi connectivity index (χ4n) is 1.95. The van der Waals surface area contributed by atoms with Crippen LogP contribution in [0.2, 0.25) is 0 Å². The topological polar surface area (TPSA) is 17.1 Å². The number of fused-ring (bicyclic) bond motifs is 1. The van der Waals surface area contributed by atoms with Gasteiger partial charge in [-0.1, -0.05) is 29.9 Å². The lowest BCUT2D eigenvalue weighted by molar-refractivity contribution is -0.118. The van der Waals surface area contributed by atoms with E-state index < -0.39 is 0 Å². The molecule has 0 saturated heterocycles. The van der Waals surface area contributed by atoms with Crippen molar-refractivity contribution in [2.75, 3.05) is 0 Å². The largest absolute Gasteiger partial charge is 0.294 e. The summed E-state index contributed by atoms with van der Waals surface area (Å²) in [5, 5.41) is 0. The molecule has 0 spiro atoms. The van der Waals surface area contributed by atoms with E-state index in [9.17, 15) is 4.79 Å². The van der Waals surface area contributed by atoms with Gasteiger partial charge in [0.15, 0.2) is 5.78 Å². The van der Waals surface area contributed by atoms with Crippen molar-refractivity contribution in [2.45, 2.75) is 13.3 Å². The van der Waals surface area contributed by atoms with Gasteiger partial charge in [-0.15, -0.1) is 0 Å². The van der Waals surface area contributed by atoms with E-state index in [1.165, 1.54) is 5.57 Å². The van der Waals surface area contributed by atoms with E-state index in [-0.39, 0.29) is 11.7 Å². The number of carbonyl (C=O) groups is 1. The zero-order valence-corrected chi connectivity index (χ0v) is 7.16. The Kier molecular flexibility index (Phi) is 1.72. The summed E-state index contributed by atoms with van der Waals surface area (Å²) in [7, 11) is 0. The first-order chi connectivity index (χ1) is 5.79. The summed E-state index contributed by atoms with van der Waals surface area (Å²) in [6.07, 6.45) is 10.7. The fourth-order valence-corrected chi connectivity index (χ4v) is 1.95. The molecule has 0 N–H and O–H groups in total. The Bertz CT molecular complexity index is 294. The Hall–Kier alpha value is -1.11. The molecule has 12 heavy (non-hydrogen) atoms. The van der Waals surface area contributed by atoms with Crippen LogP contribution in [0.5, 0.6) is 0 Å². The average Bonchev–Trinajstić information content (AvgIpc) is 2.30. The lowest BCUT2D eigenvalue weighted by atomic mass is 9.89. The summed E-state index contributed by atoms with van der Waals surface area (Å²) in [6, 6.07) is 0. The molecule has 0 radical (unpaired) electrons. The van der Waals surface area contributed by atoms with E-state index >= 15 is 0 Å². The van der Waals surface area contributed by atoms with Crippen LogP contribution >= 0.6 is 0 Å². The van der Waals surface area contributed by atoms with Crippen LogP contribution in [0.25, 0.3) is 0 Å². The van der Waals surface area contributed by atoms with Crippen LogP contribution in [0.1, 0.15) is 13.3 Å². The van der Waals surface area contributed by atoms with Gasteiger partial charge in [0.05, 0.1) is 0 Å². The van der Waals surface area contributed by atoms with E-state index in [4.69, 9.17) is 0 Å². The summed E-state index contributed by atoms with van der Waals surface area (Å²) in [5.41, 5.74) is 1.34. The van der Waals surface area contributed by atoms with Crippen molar-refractivity contribution in [3.63, 3.8) is 0 Å². The Morgan fingerprint density at radius 3 is 3.08 bits per heavy atom. The third-order valence-corrected chi connectivity index (χ3v) is 2.71. The average molecular weight is 160 g/mol. The van der Waals surface area contributed by atoms with Gasteiger partial charge < -0.3 is 0 Å². The SMILES string of the molecule is CC1=CC[C@@H]2C(=O)C=CC=C[C@H]12. The first-order valence-electron chi connectivity index (χ1n) is 4.34. The van der Waals surface area contributed by atoms with Crippen molar-refractivity contribution in [2.24, 2.45) is 11.8 Å². The van der Waals surface area contributed by atoms with Gasteiger partial charge in [0.2, 0.25) is 0 Å². The molecular formula is C11H12O. The van der Waals surface area contributed by atoms with Crippen molar-refractivity contribution < 1.29 is 4.79 Å².